The van der Waals surface area contributed by atoms with Crippen molar-refractivity contribution in [1.82, 2.24) is 9.80 Å². The fourth-order valence-electron chi connectivity index (χ4n) is 9.13. The Morgan fingerprint density at radius 2 is 1.56 bits per heavy atom. The highest BCUT2D eigenvalue weighted by atomic mass is 16.7. The molecule has 14 heteroatoms. The van der Waals surface area contributed by atoms with Crippen molar-refractivity contribution < 1.29 is 58.7 Å². The van der Waals surface area contributed by atoms with E-state index in [9.17, 15) is 30.3 Å². The zero-order valence-corrected chi connectivity index (χ0v) is 35.6. The van der Waals surface area contributed by atoms with Gasteiger partial charge in [0.2, 0.25) is 0 Å². The topological polar surface area (TPSA) is 180 Å². The molecular weight excluding hydrogens is 700 g/mol. The largest absolute Gasteiger partial charge is 0.459 e. The van der Waals surface area contributed by atoms with E-state index in [-0.39, 0.29) is 37.5 Å². The van der Waals surface area contributed by atoms with Crippen molar-refractivity contribution in [2.45, 2.75) is 199 Å². The van der Waals surface area contributed by atoms with Crippen LogP contribution >= 0.6 is 0 Å². The summed E-state index contributed by atoms with van der Waals surface area (Å²) in [6.07, 6.45) is -7.37. The first-order chi connectivity index (χ1) is 24.9. The van der Waals surface area contributed by atoms with E-state index in [1.54, 1.807) is 34.6 Å². The molecule has 5 N–H and O–H groups in total. The van der Waals surface area contributed by atoms with Gasteiger partial charge in [-0.3, -0.25) is 4.79 Å². The molecule has 0 spiro atoms. The van der Waals surface area contributed by atoms with E-state index in [1.165, 1.54) is 14.0 Å². The summed E-state index contributed by atoms with van der Waals surface area (Å²) >= 11 is 0. The molecule has 14 nitrogen and oxygen atoms in total. The maximum Gasteiger partial charge on any atom is 0.311 e. The van der Waals surface area contributed by atoms with Gasteiger partial charge in [0.05, 0.1) is 47.6 Å². The van der Waals surface area contributed by atoms with E-state index in [0.717, 1.165) is 6.42 Å². The smallest absolute Gasteiger partial charge is 0.311 e. The third-order valence-corrected chi connectivity index (χ3v) is 12.6. The van der Waals surface area contributed by atoms with Crippen LogP contribution < -0.4 is 0 Å². The van der Waals surface area contributed by atoms with Gasteiger partial charge in [0, 0.05) is 38.1 Å². The predicted octanol–water partition coefficient (Wildman–Crippen LogP) is 2.68. The second-order valence-electron chi connectivity index (χ2n) is 17.7. The fourth-order valence-corrected chi connectivity index (χ4v) is 9.13. The number of cyclic esters (lactones) is 1. The van der Waals surface area contributed by atoms with E-state index in [1.807, 2.05) is 46.7 Å². The molecule has 1 unspecified atom stereocenters. The molecule has 0 amide bonds. The summed E-state index contributed by atoms with van der Waals surface area (Å²) in [7, 11) is 5.29. The summed E-state index contributed by atoms with van der Waals surface area (Å²) < 4.78 is 37.8. The number of hydrogen-bond donors (Lipinski definition) is 5. The van der Waals surface area contributed by atoms with E-state index >= 15 is 0 Å². The fraction of sp³-hybridized carbons (Fsp3) is 0.975. The van der Waals surface area contributed by atoms with Crippen LogP contribution in [-0.4, -0.2) is 166 Å². The van der Waals surface area contributed by atoms with E-state index in [0.29, 0.717) is 19.5 Å². The second kappa shape index (κ2) is 19.2. The van der Waals surface area contributed by atoms with Gasteiger partial charge in [-0.1, -0.05) is 27.7 Å². The molecule has 0 aromatic carbocycles. The highest BCUT2D eigenvalue weighted by molar-refractivity contribution is 5.73. The Morgan fingerprint density at radius 3 is 2.11 bits per heavy atom. The van der Waals surface area contributed by atoms with Crippen molar-refractivity contribution in [3.05, 3.63) is 0 Å². The zero-order chi connectivity index (χ0) is 41.1. The molecule has 0 aromatic rings. The zero-order valence-electron chi connectivity index (χ0n) is 35.6. The van der Waals surface area contributed by atoms with Gasteiger partial charge < -0.3 is 63.8 Å². The Bertz CT molecular complexity index is 1180. The highest BCUT2D eigenvalue weighted by Gasteiger charge is 2.52. The molecule has 3 aliphatic rings. The number of carbonyl (C=O) groups is 1. The first kappa shape index (κ1) is 47.4. The minimum atomic E-state index is -1.78. The number of hydrogen-bond acceptors (Lipinski definition) is 14. The van der Waals surface area contributed by atoms with Gasteiger partial charge >= 0.3 is 5.97 Å². The summed E-state index contributed by atoms with van der Waals surface area (Å²) in [6, 6.07) is -0.500. The molecule has 18 atom stereocenters. The molecule has 318 valence electrons. The lowest BCUT2D eigenvalue weighted by atomic mass is 9.78. The van der Waals surface area contributed by atoms with E-state index in [4.69, 9.17) is 28.4 Å². The molecule has 3 rings (SSSR count). The van der Waals surface area contributed by atoms with Gasteiger partial charge in [-0.15, -0.1) is 0 Å². The Balaban J connectivity index is 2.22. The SMILES string of the molecule is CCCN1C[C@@H](C)[C@H](O)[C@@](C)(O)[C@H](CC)OC(=O)[C@@H](C)[C@H](O[C@@H]2C[C@](C)(OC)[C@H](O)[C@@H](C)O2)[C@@H](C)C(O[C@H]2O[C@@H](C)C[C@@H](N(C)C)[C@@H]2O)[C@@](C)(O)C[C@@H]1C. The molecule has 0 aromatic heterocycles. The van der Waals surface area contributed by atoms with Crippen LogP contribution in [0.3, 0.4) is 0 Å². The highest BCUT2D eigenvalue weighted by Crippen LogP contribution is 2.40. The van der Waals surface area contributed by atoms with Crippen molar-refractivity contribution in [3.63, 3.8) is 0 Å². The predicted molar refractivity (Wildman–Crippen MR) is 203 cm³/mol. The quantitative estimate of drug-likeness (QED) is 0.216. The number of likely N-dealkylation sites (N-methyl/N-ethyl adjacent to an activating group) is 1. The molecule has 0 bridgehead atoms. The number of esters is 1. The average molecular weight is 777 g/mol. The van der Waals surface area contributed by atoms with Gasteiger partial charge in [0.15, 0.2) is 12.6 Å². The van der Waals surface area contributed by atoms with Crippen molar-refractivity contribution in [3.8, 4) is 0 Å². The molecule has 54 heavy (non-hydrogen) atoms. The van der Waals surface area contributed by atoms with E-state index in [2.05, 4.69) is 11.8 Å². The molecular formula is C40H76N2O12. The number of methoxy groups -OCH3 is 1. The van der Waals surface area contributed by atoms with Crippen LogP contribution in [0.1, 0.15) is 108 Å². The average Bonchev–Trinajstić information content (AvgIpc) is 3.09. The standard InChI is InChI=1S/C40H76N2O12/c1-15-17-42-21-22(3)33(44)40(11,48)29(16-2)52-36(46)26(7)32(53-30-20-39(10,49-14)34(45)27(8)51-30)25(6)35(38(9,47)19-23(42)4)54-37-31(43)28(41(12)13)18-24(5)50-37/h22-35,37,43-45,47-48H,15-21H2,1-14H3/t22-,23+,24+,25-,26+,27-,28-,29+,30-,31+,32-,33+,34-,35?,37-,38+,39+,40+/m1/s1. The van der Waals surface area contributed by atoms with Crippen LogP contribution in [0, 0.1) is 17.8 Å². The molecule has 3 fully saturated rings. The maximum atomic E-state index is 14.3. The van der Waals surface area contributed by atoms with Crippen molar-refractivity contribution in [1.29, 1.82) is 0 Å². The summed E-state index contributed by atoms with van der Waals surface area (Å²) in [5.74, 6) is -2.87. The van der Waals surface area contributed by atoms with Crippen LogP contribution in [-0.2, 0) is 33.2 Å². The van der Waals surface area contributed by atoms with Gasteiger partial charge in [0.25, 0.3) is 0 Å². The summed E-state index contributed by atoms with van der Waals surface area (Å²) in [6.45, 7) is 20.9. The van der Waals surface area contributed by atoms with Gasteiger partial charge in [-0.25, -0.2) is 0 Å². The molecule has 0 radical (unpaired) electrons. The van der Waals surface area contributed by atoms with E-state index < -0.39 is 95.8 Å². The minimum absolute atomic E-state index is 0.133. The van der Waals surface area contributed by atoms with Crippen LogP contribution in [0.15, 0.2) is 0 Å². The van der Waals surface area contributed by atoms with Gasteiger partial charge in [-0.2, -0.15) is 0 Å². The van der Waals surface area contributed by atoms with Crippen LogP contribution in [0.25, 0.3) is 0 Å². The first-order valence-corrected chi connectivity index (χ1v) is 20.2. The van der Waals surface area contributed by atoms with Crippen molar-refractivity contribution >= 4 is 5.97 Å². The van der Waals surface area contributed by atoms with Crippen molar-refractivity contribution in [2.24, 2.45) is 17.8 Å². The molecule has 3 heterocycles. The van der Waals surface area contributed by atoms with Crippen LogP contribution in [0.5, 0.6) is 0 Å². The Labute approximate surface area is 324 Å². The lowest BCUT2D eigenvalue weighted by Crippen LogP contribution is -2.61. The first-order valence-electron chi connectivity index (χ1n) is 20.2. The Hall–Kier alpha value is -1.01. The third kappa shape index (κ3) is 10.7. The molecule has 0 aliphatic carbocycles. The van der Waals surface area contributed by atoms with Crippen LogP contribution in [0.4, 0.5) is 0 Å². The third-order valence-electron chi connectivity index (χ3n) is 12.6. The minimum Gasteiger partial charge on any atom is -0.459 e. The lowest BCUT2D eigenvalue weighted by molar-refractivity contribution is -0.318. The summed E-state index contributed by atoms with van der Waals surface area (Å²) in [4.78, 5) is 18.4. The summed E-state index contributed by atoms with van der Waals surface area (Å²) in [5.41, 5.74) is -4.38. The molecule has 3 saturated heterocycles. The van der Waals surface area contributed by atoms with Crippen molar-refractivity contribution in [2.75, 3.05) is 34.3 Å². The number of carbonyl (C=O) groups excluding carboxylic acids is 1. The maximum absolute atomic E-state index is 14.3. The second-order valence-corrected chi connectivity index (χ2v) is 17.7. The number of ether oxygens (including phenoxy) is 6. The lowest BCUT2D eigenvalue weighted by Gasteiger charge is -2.49. The Morgan fingerprint density at radius 1 is 0.926 bits per heavy atom. The molecule has 3 aliphatic heterocycles. The Kier molecular flexibility index (Phi) is 16.8. The van der Waals surface area contributed by atoms with Gasteiger partial charge in [0.1, 0.15) is 23.9 Å². The number of rotatable bonds is 9. The van der Waals surface area contributed by atoms with Crippen LogP contribution in [0.2, 0.25) is 0 Å². The number of aliphatic hydroxyl groups is 5. The summed E-state index contributed by atoms with van der Waals surface area (Å²) in [5, 5.41) is 58.7. The number of nitrogens with zero attached hydrogens (tertiary/aromatic N) is 2. The van der Waals surface area contributed by atoms with Gasteiger partial charge in [-0.05, 0) is 101 Å². The normalized spacial score (nSPS) is 48.2. The molecule has 0 saturated carbocycles. The monoisotopic (exact) mass is 777 g/mol. The number of aliphatic hydroxyl groups excluding tert-OH is 3.